The highest BCUT2D eigenvalue weighted by Crippen LogP contribution is 2.26. The Morgan fingerprint density at radius 1 is 1.20 bits per heavy atom. The van der Waals surface area contributed by atoms with E-state index in [9.17, 15) is 0 Å². The quantitative estimate of drug-likeness (QED) is 0.664. The van der Waals surface area contributed by atoms with Crippen molar-refractivity contribution in [2.75, 3.05) is 0 Å². The van der Waals surface area contributed by atoms with Gasteiger partial charge in [-0.2, -0.15) is 4.99 Å². The van der Waals surface area contributed by atoms with Crippen LogP contribution in [0.1, 0.15) is 11.3 Å². The third-order valence-electron chi connectivity index (χ3n) is 3.04. The average Bonchev–Trinajstić information content (AvgIpc) is 3.17. The van der Waals surface area contributed by atoms with E-state index >= 15 is 0 Å². The van der Waals surface area contributed by atoms with Crippen LogP contribution in [0, 0.1) is 0 Å². The minimum atomic E-state index is -0.278. The van der Waals surface area contributed by atoms with Gasteiger partial charge in [0.1, 0.15) is 11.9 Å². The first-order valence-electron chi connectivity index (χ1n) is 5.95. The molecule has 2 aliphatic rings. The van der Waals surface area contributed by atoms with Crippen molar-refractivity contribution in [2.24, 2.45) is 20.9 Å². The Bertz CT molecular complexity index is 736. The van der Waals surface area contributed by atoms with Gasteiger partial charge in [0.05, 0.1) is 18.8 Å². The summed E-state index contributed by atoms with van der Waals surface area (Å²) in [4.78, 5) is 8.66. The van der Waals surface area contributed by atoms with Gasteiger partial charge in [0.2, 0.25) is 0 Å². The molecule has 0 amide bonds. The van der Waals surface area contributed by atoms with Crippen molar-refractivity contribution in [3.8, 4) is 0 Å². The van der Waals surface area contributed by atoms with E-state index in [1.165, 1.54) is 0 Å². The minimum absolute atomic E-state index is 0.278. The third kappa shape index (κ3) is 1.58. The van der Waals surface area contributed by atoms with E-state index in [0.717, 1.165) is 5.56 Å². The smallest absolute Gasteiger partial charge is 0.300 e. The SMILES string of the molecule is N[N+]12C=C(c3ccoc3)N=CC1=NC(c1ccco1)=N2. The Morgan fingerprint density at radius 3 is 2.90 bits per heavy atom. The Hall–Kier alpha value is -2.77. The second-order valence-corrected chi connectivity index (χ2v) is 4.39. The maximum Gasteiger partial charge on any atom is 0.300 e. The van der Waals surface area contributed by atoms with Crippen molar-refractivity contribution >= 4 is 23.6 Å². The van der Waals surface area contributed by atoms with Crippen LogP contribution in [-0.4, -0.2) is 22.6 Å². The lowest BCUT2D eigenvalue weighted by Crippen LogP contribution is -2.50. The van der Waals surface area contributed by atoms with Gasteiger partial charge in [-0.1, -0.05) is 0 Å². The summed E-state index contributed by atoms with van der Waals surface area (Å²) in [5, 5.41) is 4.38. The maximum absolute atomic E-state index is 6.24. The molecule has 98 valence electrons. The molecule has 20 heavy (non-hydrogen) atoms. The van der Waals surface area contributed by atoms with E-state index in [1.807, 2.05) is 6.07 Å². The Kier molecular flexibility index (Phi) is 2.14. The van der Waals surface area contributed by atoms with Crippen LogP contribution in [0.5, 0.6) is 0 Å². The second kappa shape index (κ2) is 3.86. The topological polar surface area (TPSA) is 89.4 Å². The normalized spacial score (nSPS) is 24.1. The van der Waals surface area contributed by atoms with Gasteiger partial charge in [-0.15, -0.1) is 5.84 Å². The number of hydrogen-bond donors (Lipinski definition) is 1. The molecule has 0 aromatic carbocycles. The number of furan rings is 2. The van der Waals surface area contributed by atoms with Gasteiger partial charge in [-0.05, 0) is 28.0 Å². The van der Waals surface area contributed by atoms with Crippen LogP contribution in [0.2, 0.25) is 0 Å². The van der Waals surface area contributed by atoms with Crippen LogP contribution < -0.4 is 5.84 Å². The fourth-order valence-corrected chi connectivity index (χ4v) is 2.05. The first kappa shape index (κ1) is 11.1. The molecular formula is C13H10N5O2+. The molecule has 0 saturated heterocycles. The van der Waals surface area contributed by atoms with Gasteiger partial charge in [0.25, 0.3) is 11.7 Å². The van der Waals surface area contributed by atoms with Crippen LogP contribution >= 0.6 is 0 Å². The average molecular weight is 268 g/mol. The zero-order chi connectivity index (χ0) is 13.6. The van der Waals surface area contributed by atoms with Gasteiger partial charge in [0, 0.05) is 5.56 Å². The van der Waals surface area contributed by atoms with Crippen molar-refractivity contribution in [2.45, 2.75) is 0 Å². The number of fused-ring (bicyclic) bond motifs is 1. The molecular weight excluding hydrogens is 258 g/mol. The summed E-state index contributed by atoms with van der Waals surface area (Å²) in [6, 6.07) is 5.37. The lowest BCUT2D eigenvalue weighted by Gasteiger charge is -2.19. The van der Waals surface area contributed by atoms with Crippen molar-refractivity contribution in [1.82, 2.24) is 0 Å². The van der Waals surface area contributed by atoms with Crippen LogP contribution in [0.25, 0.3) is 5.70 Å². The number of rotatable bonds is 2. The lowest BCUT2D eigenvalue weighted by atomic mass is 10.2. The number of aliphatic imine (C=N–C) groups is 2. The fourth-order valence-electron chi connectivity index (χ4n) is 2.05. The molecule has 1 unspecified atom stereocenters. The summed E-state index contributed by atoms with van der Waals surface area (Å²) in [5.74, 6) is 7.79. The number of amidine groups is 2. The number of hydrogen-bond acceptors (Lipinski definition) is 6. The van der Waals surface area contributed by atoms with Gasteiger partial charge in [-0.3, -0.25) is 0 Å². The third-order valence-corrected chi connectivity index (χ3v) is 3.04. The van der Waals surface area contributed by atoms with Gasteiger partial charge in [0.15, 0.2) is 12.0 Å². The van der Waals surface area contributed by atoms with Gasteiger partial charge in [-0.25, -0.2) is 4.99 Å². The molecule has 7 nitrogen and oxygen atoms in total. The summed E-state index contributed by atoms with van der Waals surface area (Å²) in [7, 11) is 0. The molecule has 4 rings (SSSR count). The fraction of sp³-hybridized carbons (Fsp3) is 0. The van der Waals surface area contributed by atoms with Crippen molar-refractivity contribution in [3.05, 3.63) is 54.5 Å². The van der Waals surface area contributed by atoms with E-state index in [1.54, 1.807) is 43.3 Å². The monoisotopic (exact) mass is 268 g/mol. The minimum Gasteiger partial charge on any atom is -0.472 e. The molecule has 2 aromatic heterocycles. The predicted molar refractivity (Wildman–Crippen MR) is 72.3 cm³/mol. The van der Waals surface area contributed by atoms with E-state index in [2.05, 4.69) is 15.1 Å². The van der Waals surface area contributed by atoms with Gasteiger partial charge < -0.3 is 8.83 Å². The summed E-state index contributed by atoms with van der Waals surface area (Å²) in [6.07, 6.45) is 8.06. The standard InChI is InChI=1S/C13H10N5O2/c14-18-7-10(9-3-5-19-8-9)15-6-12(18)16-13(17-18)11-2-1-4-20-11/h1-8H,14H2/q+1. The number of nitrogens with two attached hydrogens (primary N) is 1. The number of quaternary nitrogens is 1. The molecule has 0 aliphatic carbocycles. The summed E-state index contributed by atoms with van der Waals surface area (Å²) in [6.45, 7) is 0. The highest BCUT2D eigenvalue weighted by molar-refractivity contribution is 6.32. The van der Waals surface area contributed by atoms with Crippen LogP contribution in [-0.2, 0) is 0 Å². The van der Waals surface area contributed by atoms with E-state index < -0.39 is 0 Å². The highest BCUT2D eigenvalue weighted by atomic mass is 16.3. The summed E-state index contributed by atoms with van der Waals surface area (Å²) >= 11 is 0. The Labute approximate surface area is 113 Å². The molecule has 0 radical (unpaired) electrons. The molecule has 2 aromatic rings. The van der Waals surface area contributed by atoms with E-state index in [0.29, 0.717) is 23.1 Å². The van der Waals surface area contributed by atoms with Crippen molar-refractivity contribution in [3.63, 3.8) is 0 Å². The second-order valence-electron chi connectivity index (χ2n) is 4.39. The first-order valence-corrected chi connectivity index (χ1v) is 5.95. The van der Waals surface area contributed by atoms with Crippen LogP contribution in [0.4, 0.5) is 0 Å². The molecule has 2 aliphatic heterocycles. The molecule has 7 heteroatoms. The summed E-state index contributed by atoms with van der Waals surface area (Å²) < 4.78 is 10.1. The zero-order valence-corrected chi connectivity index (χ0v) is 10.3. The molecule has 4 heterocycles. The molecule has 0 bridgehead atoms. The predicted octanol–water partition coefficient (Wildman–Crippen LogP) is 1.72. The van der Waals surface area contributed by atoms with Crippen LogP contribution in [0.3, 0.4) is 0 Å². The first-order chi connectivity index (χ1) is 9.74. The van der Waals surface area contributed by atoms with E-state index in [4.69, 9.17) is 14.7 Å². The molecule has 2 N–H and O–H groups in total. The Balaban J connectivity index is 1.78. The van der Waals surface area contributed by atoms with Gasteiger partial charge >= 0.3 is 0 Å². The largest absolute Gasteiger partial charge is 0.472 e. The zero-order valence-electron chi connectivity index (χ0n) is 10.3. The molecule has 0 fully saturated rings. The molecule has 0 spiro atoms. The van der Waals surface area contributed by atoms with Crippen molar-refractivity contribution < 1.29 is 13.5 Å². The lowest BCUT2D eigenvalue weighted by molar-refractivity contribution is -0.802. The highest BCUT2D eigenvalue weighted by Gasteiger charge is 2.40. The number of nitrogens with zero attached hydrogens (tertiary/aromatic N) is 4. The Morgan fingerprint density at radius 2 is 2.15 bits per heavy atom. The maximum atomic E-state index is 6.24. The molecule has 0 saturated carbocycles. The van der Waals surface area contributed by atoms with E-state index in [-0.39, 0.29) is 4.70 Å². The van der Waals surface area contributed by atoms with Crippen molar-refractivity contribution in [1.29, 1.82) is 0 Å². The molecule has 1 atom stereocenters. The summed E-state index contributed by atoms with van der Waals surface area (Å²) in [5.41, 5.74) is 1.52. The van der Waals surface area contributed by atoms with Crippen LogP contribution in [0.15, 0.2) is 67.1 Å².